The SMILES string of the molecule is COc1ccc(N=C2NC(=O)/C(=C/c3cc(Br)c(OS(=O)(=O)c4ccc(C)cc4)c(OC)c3)S2)cc1. The van der Waals surface area contributed by atoms with E-state index in [9.17, 15) is 13.2 Å². The highest BCUT2D eigenvalue weighted by atomic mass is 79.9. The van der Waals surface area contributed by atoms with Gasteiger partial charge in [0, 0.05) is 0 Å². The molecule has 11 heteroatoms. The van der Waals surface area contributed by atoms with Gasteiger partial charge in [-0.1, -0.05) is 17.7 Å². The minimum atomic E-state index is -4.09. The summed E-state index contributed by atoms with van der Waals surface area (Å²) in [7, 11) is -1.10. The van der Waals surface area contributed by atoms with Crippen LogP contribution in [-0.2, 0) is 14.9 Å². The number of aryl methyl sites for hydroxylation is 1. The van der Waals surface area contributed by atoms with E-state index in [0.717, 1.165) is 5.56 Å². The molecule has 1 amide bonds. The van der Waals surface area contributed by atoms with E-state index in [-0.39, 0.29) is 22.3 Å². The third kappa shape index (κ3) is 5.92. The van der Waals surface area contributed by atoms with E-state index in [1.54, 1.807) is 61.7 Å². The van der Waals surface area contributed by atoms with E-state index in [4.69, 9.17) is 13.7 Å². The number of ether oxygens (including phenoxy) is 2. The maximum Gasteiger partial charge on any atom is 0.339 e. The predicted molar refractivity (Wildman–Crippen MR) is 143 cm³/mol. The van der Waals surface area contributed by atoms with Gasteiger partial charge in [0.2, 0.25) is 0 Å². The third-order valence-corrected chi connectivity index (χ3v) is 7.74. The number of carbonyl (C=O) groups is 1. The second kappa shape index (κ2) is 10.8. The van der Waals surface area contributed by atoms with Crippen molar-refractivity contribution in [1.82, 2.24) is 5.32 Å². The number of carbonyl (C=O) groups excluding carboxylic acids is 1. The first kappa shape index (κ1) is 25.8. The summed E-state index contributed by atoms with van der Waals surface area (Å²) in [6.07, 6.45) is 1.65. The van der Waals surface area contributed by atoms with E-state index in [1.807, 2.05) is 6.92 Å². The van der Waals surface area contributed by atoms with Crippen molar-refractivity contribution in [2.24, 2.45) is 4.99 Å². The van der Waals surface area contributed by atoms with Crippen LogP contribution in [0.2, 0.25) is 0 Å². The van der Waals surface area contributed by atoms with Gasteiger partial charge in [0.25, 0.3) is 5.91 Å². The zero-order chi connectivity index (χ0) is 25.9. The minimum Gasteiger partial charge on any atom is -0.497 e. The zero-order valence-electron chi connectivity index (χ0n) is 19.4. The van der Waals surface area contributed by atoms with Crippen LogP contribution in [-0.4, -0.2) is 33.7 Å². The monoisotopic (exact) mass is 588 g/mol. The van der Waals surface area contributed by atoms with Crippen molar-refractivity contribution in [2.75, 3.05) is 14.2 Å². The number of hydrogen-bond donors (Lipinski definition) is 1. The van der Waals surface area contributed by atoms with Gasteiger partial charge >= 0.3 is 10.1 Å². The van der Waals surface area contributed by atoms with Crippen LogP contribution in [0.25, 0.3) is 6.08 Å². The molecule has 1 aliphatic heterocycles. The molecule has 0 unspecified atom stereocenters. The fourth-order valence-corrected chi connectivity index (χ4v) is 5.62. The van der Waals surface area contributed by atoms with Gasteiger partial charge in [-0.05, 0) is 94.8 Å². The van der Waals surface area contributed by atoms with Crippen molar-refractivity contribution in [1.29, 1.82) is 0 Å². The number of nitrogens with one attached hydrogen (secondary N) is 1. The van der Waals surface area contributed by atoms with Gasteiger partial charge in [0.15, 0.2) is 16.7 Å². The fourth-order valence-electron chi connectivity index (χ4n) is 3.17. The Balaban J connectivity index is 1.58. The molecule has 1 fully saturated rings. The summed E-state index contributed by atoms with van der Waals surface area (Å²) in [5.41, 5.74) is 2.19. The number of nitrogens with zero attached hydrogens (tertiary/aromatic N) is 1. The van der Waals surface area contributed by atoms with Crippen molar-refractivity contribution in [2.45, 2.75) is 11.8 Å². The van der Waals surface area contributed by atoms with Crippen LogP contribution in [0.15, 0.2) is 79.9 Å². The average molecular weight is 589 g/mol. The van der Waals surface area contributed by atoms with E-state index < -0.39 is 10.1 Å². The Morgan fingerprint density at radius 2 is 1.69 bits per heavy atom. The van der Waals surface area contributed by atoms with E-state index >= 15 is 0 Å². The molecule has 0 spiro atoms. The maximum atomic E-state index is 12.8. The van der Waals surface area contributed by atoms with Crippen LogP contribution in [0.4, 0.5) is 5.69 Å². The molecular formula is C25H21BrN2O6S2. The smallest absolute Gasteiger partial charge is 0.339 e. The molecule has 0 aromatic heterocycles. The van der Waals surface area contributed by atoms with Crippen LogP contribution < -0.4 is 19.0 Å². The quantitative estimate of drug-likeness (QED) is 0.290. The summed E-state index contributed by atoms with van der Waals surface area (Å²) in [5.74, 6) is 0.596. The molecule has 8 nitrogen and oxygen atoms in total. The van der Waals surface area contributed by atoms with Crippen molar-refractivity contribution >= 4 is 60.6 Å². The topological polar surface area (TPSA) is 103 Å². The van der Waals surface area contributed by atoms with Gasteiger partial charge in [-0.2, -0.15) is 8.42 Å². The van der Waals surface area contributed by atoms with E-state index in [1.165, 1.54) is 31.0 Å². The first-order valence-corrected chi connectivity index (χ1v) is 13.5. The Hall–Kier alpha value is -3.28. The number of benzene rings is 3. The summed E-state index contributed by atoms with van der Waals surface area (Å²) in [5, 5.41) is 3.17. The first-order chi connectivity index (χ1) is 17.2. The molecule has 1 N–H and O–H groups in total. The summed E-state index contributed by atoms with van der Waals surface area (Å²) in [6, 6.07) is 16.7. The summed E-state index contributed by atoms with van der Waals surface area (Å²) in [4.78, 5) is 17.4. The largest absolute Gasteiger partial charge is 0.497 e. The number of halogens is 1. The highest BCUT2D eigenvalue weighted by molar-refractivity contribution is 9.10. The lowest BCUT2D eigenvalue weighted by Gasteiger charge is -2.13. The fraction of sp³-hybridized carbons (Fsp3) is 0.120. The molecule has 186 valence electrons. The average Bonchev–Trinajstić information content (AvgIpc) is 3.19. The normalized spacial score (nSPS) is 15.7. The van der Waals surface area contributed by atoms with Crippen molar-refractivity contribution in [3.63, 3.8) is 0 Å². The molecule has 3 aromatic carbocycles. The molecule has 0 saturated carbocycles. The second-order valence-electron chi connectivity index (χ2n) is 7.56. The number of hydrogen-bond acceptors (Lipinski definition) is 8. The molecule has 36 heavy (non-hydrogen) atoms. The predicted octanol–water partition coefficient (Wildman–Crippen LogP) is 5.43. The lowest BCUT2D eigenvalue weighted by Crippen LogP contribution is -2.19. The first-order valence-electron chi connectivity index (χ1n) is 10.5. The number of rotatable bonds is 7. The molecule has 0 aliphatic carbocycles. The number of methoxy groups -OCH3 is 2. The summed E-state index contributed by atoms with van der Waals surface area (Å²) in [6.45, 7) is 1.86. The van der Waals surface area contributed by atoms with Gasteiger partial charge in [0.05, 0.1) is 29.3 Å². The number of amidine groups is 1. The van der Waals surface area contributed by atoms with Crippen molar-refractivity contribution in [3.05, 3.63) is 81.2 Å². The lowest BCUT2D eigenvalue weighted by atomic mass is 10.2. The molecule has 1 saturated heterocycles. The number of amides is 1. The second-order valence-corrected chi connectivity index (χ2v) is 11.0. The van der Waals surface area contributed by atoms with E-state index in [0.29, 0.717) is 31.5 Å². The van der Waals surface area contributed by atoms with Crippen molar-refractivity contribution in [3.8, 4) is 17.2 Å². The summed E-state index contributed by atoms with van der Waals surface area (Å²) < 4.78 is 41.8. The third-order valence-electron chi connectivity index (χ3n) is 5.01. The van der Waals surface area contributed by atoms with Crippen LogP contribution in [0.1, 0.15) is 11.1 Å². The lowest BCUT2D eigenvalue weighted by molar-refractivity contribution is -0.115. The van der Waals surface area contributed by atoms with Crippen LogP contribution >= 0.6 is 27.7 Å². The van der Waals surface area contributed by atoms with Gasteiger partial charge < -0.3 is 19.0 Å². The molecule has 0 atom stereocenters. The Morgan fingerprint density at radius 3 is 2.33 bits per heavy atom. The standard InChI is InChI=1S/C25H21BrN2O6S2/c1-15-4-10-19(11-5-15)36(30,31)34-23-20(26)12-16(13-21(23)33-3)14-22-24(29)28-25(35-22)27-17-6-8-18(32-2)9-7-17/h4-14H,1-3H3,(H,27,28,29)/b22-14-. The van der Waals surface area contributed by atoms with Crippen LogP contribution in [0.3, 0.4) is 0 Å². The Morgan fingerprint density at radius 1 is 1.00 bits per heavy atom. The molecule has 4 rings (SSSR count). The summed E-state index contributed by atoms with van der Waals surface area (Å²) >= 11 is 4.55. The van der Waals surface area contributed by atoms with Gasteiger partial charge in [0.1, 0.15) is 10.6 Å². The number of aliphatic imine (C=N–C) groups is 1. The van der Waals surface area contributed by atoms with Crippen LogP contribution in [0, 0.1) is 6.92 Å². The molecule has 0 bridgehead atoms. The Kier molecular flexibility index (Phi) is 7.72. The molecule has 3 aromatic rings. The van der Waals surface area contributed by atoms with E-state index in [2.05, 4.69) is 26.2 Å². The van der Waals surface area contributed by atoms with Crippen LogP contribution in [0.5, 0.6) is 17.2 Å². The van der Waals surface area contributed by atoms with Gasteiger partial charge in [-0.25, -0.2) is 4.99 Å². The Labute approximate surface area is 221 Å². The molecular weight excluding hydrogens is 568 g/mol. The highest BCUT2D eigenvalue weighted by Crippen LogP contribution is 2.40. The molecule has 0 radical (unpaired) electrons. The maximum absolute atomic E-state index is 12.8. The van der Waals surface area contributed by atoms with Gasteiger partial charge in [-0.15, -0.1) is 0 Å². The van der Waals surface area contributed by atoms with Gasteiger partial charge in [-0.3, -0.25) is 4.79 Å². The molecule has 1 aliphatic rings. The molecule has 1 heterocycles. The zero-order valence-corrected chi connectivity index (χ0v) is 22.7. The minimum absolute atomic E-state index is 0.00510. The highest BCUT2D eigenvalue weighted by Gasteiger charge is 2.25. The number of thioether (sulfide) groups is 1. The van der Waals surface area contributed by atoms with Crippen molar-refractivity contribution < 1.29 is 26.9 Å². The Bertz CT molecular complexity index is 1470.